The average molecular weight is 378 g/mol. The monoisotopic (exact) mass is 378 g/mol. The number of nitriles is 2. The zero-order valence-corrected chi connectivity index (χ0v) is 14.9. The van der Waals surface area contributed by atoms with Crippen LogP contribution in [0.25, 0.3) is 0 Å². The Labute approximate surface area is 160 Å². The van der Waals surface area contributed by atoms with Crippen molar-refractivity contribution in [3.63, 3.8) is 0 Å². The topological polar surface area (TPSA) is 122 Å². The molecule has 1 aliphatic heterocycles. The molecule has 3 amide bonds. The predicted octanol–water partition coefficient (Wildman–Crippen LogP) is 2.19. The molecule has 8 nitrogen and oxygen atoms in total. The van der Waals surface area contributed by atoms with E-state index in [1.807, 2.05) is 0 Å². The Kier molecular flexibility index (Phi) is 5.18. The van der Waals surface area contributed by atoms with Gasteiger partial charge < -0.3 is 15.5 Å². The van der Waals surface area contributed by atoms with Gasteiger partial charge in [0.15, 0.2) is 0 Å². The van der Waals surface area contributed by atoms with Gasteiger partial charge in [-0.1, -0.05) is 6.07 Å². The molecule has 0 aliphatic carbocycles. The van der Waals surface area contributed by atoms with Crippen molar-refractivity contribution in [2.75, 3.05) is 11.9 Å². The lowest BCUT2D eigenvalue weighted by Gasteiger charge is -2.29. The maximum atomic E-state index is 14.0. The first-order chi connectivity index (χ1) is 13.4. The number of halogens is 1. The molecule has 0 spiro atoms. The lowest BCUT2D eigenvalue weighted by molar-refractivity contribution is -0.122. The molecule has 1 atom stereocenters. The summed E-state index contributed by atoms with van der Waals surface area (Å²) in [5.74, 6) is -1.21. The number of hydrogen-bond donors (Lipinski definition) is 2. The lowest BCUT2D eigenvalue weighted by Crippen LogP contribution is -2.45. The predicted molar refractivity (Wildman–Crippen MR) is 96.1 cm³/mol. The van der Waals surface area contributed by atoms with Crippen molar-refractivity contribution >= 4 is 17.6 Å². The van der Waals surface area contributed by atoms with Gasteiger partial charge in [0.05, 0.1) is 35.5 Å². The summed E-state index contributed by atoms with van der Waals surface area (Å²) in [5, 5.41) is 23.2. The Morgan fingerprint density at radius 2 is 2.21 bits per heavy atom. The number of carbonyl (C=O) groups excluding carboxylic acids is 2. The molecule has 3 rings (SSSR count). The Morgan fingerprint density at radius 1 is 1.43 bits per heavy atom. The summed E-state index contributed by atoms with van der Waals surface area (Å²) in [6, 6.07) is 8.66. The molecule has 2 aromatic rings. The quantitative estimate of drug-likeness (QED) is 0.844. The van der Waals surface area contributed by atoms with Crippen LogP contribution >= 0.6 is 0 Å². The second-order valence-corrected chi connectivity index (χ2v) is 6.22. The molecule has 0 saturated carbocycles. The van der Waals surface area contributed by atoms with Crippen LogP contribution < -0.4 is 10.6 Å². The maximum absolute atomic E-state index is 14.0. The van der Waals surface area contributed by atoms with Gasteiger partial charge in [0, 0.05) is 17.4 Å². The van der Waals surface area contributed by atoms with Crippen molar-refractivity contribution in [1.82, 2.24) is 15.2 Å². The van der Waals surface area contributed by atoms with Crippen molar-refractivity contribution in [2.24, 2.45) is 0 Å². The number of benzene rings is 1. The molecule has 1 aliphatic rings. The second-order valence-electron chi connectivity index (χ2n) is 6.22. The number of nitrogens with zero attached hydrogens (tertiary/aromatic N) is 4. The highest BCUT2D eigenvalue weighted by molar-refractivity contribution is 5.95. The van der Waals surface area contributed by atoms with Crippen molar-refractivity contribution in [3.8, 4) is 12.1 Å². The minimum atomic E-state index is -0.755. The third-order valence-electron chi connectivity index (χ3n) is 4.30. The van der Waals surface area contributed by atoms with E-state index in [4.69, 9.17) is 5.26 Å². The molecule has 9 heteroatoms. The summed E-state index contributed by atoms with van der Waals surface area (Å²) in [6.45, 7) is 1.39. The third kappa shape index (κ3) is 3.74. The van der Waals surface area contributed by atoms with Gasteiger partial charge in [-0.05, 0) is 25.1 Å². The average Bonchev–Trinajstić information content (AvgIpc) is 2.67. The van der Waals surface area contributed by atoms with Gasteiger partial charge >= 0.3 is 6.03 Å². The van der Waals surface area contributed by atoms with Crippen molar-refractivity contribution in [3.05, 3.63) is 58.7 Å². The van der Waals surface area contributed by atoms with E-state index in [0.717, 1.165) is 6.07 Å². The number of aromatic nitrogens is 1. The number of anilines is 1. The number of amides is 3. The summed E-state index contributed by atoms with van der Waals surface area (Å²) < 4.78 is 14.0. The SMILES string of the molecule is CC(NC(=O)CN1Cc2c(C#N)cccc2NC1=O)c1ncc(C#N)cc1F. The first-order valence-electron chi connectivity index (χ1n) is 8.35. The van der Waals surface area contributed by atoms with Crippen LogP contribution in [0.1, 0.15) is 35.3 Å². The van der Waals surface area contributed by atoms with Crippen LogP contribution in [-0.2, 0) is 11.3 Å². The van der Waals surface area contributed by atoms with Gasteiger partial charge in [-0.3, -0.25) is 9.78 Å². The van der Waals surface area contributed by atoms with Crippen LogP contribution in [0.2, 0.25) is 0 Å². The summed E-state index contributed by atoms with van der Waals surface area (Å²) in [4.78, 5) is 29.7. The van der Waals surface area contributed by atoms with Gasteiger partial charge in [0.25, 0.3) is 0 Å². The van der Waals surface area contributed by atoms with E-state index in [-0.39, 0.29) is 24.3 Å². The molecular formula is C19H15FN6O2. The number of carbonyl (C=O) groups is 2. The first kappa shape index (κ1) is 18.8. The fourth-order valence-electron chi connectivity index (χ4n) is 2.92. The zero-order valence-electron chi connectivity index (χ0n) is 14.9. The van der Waals surface area contributed by atoms with Gasteiger partial charge in [0.1, 0.15) is 18.4 Å². The summed E-state index contributed by atoms with van der Waals surface area (Å²) in [6.07, 6.45) is 1.22. The highest BCUT2D eigenvalue weighted by Gasteiger charge is 2.27. The fourth-order valence-corrected chi connectivity index (χ4v) is 2.92. The third-order valence-corrected chi connectivity index (χ3v) is 4.30. The molecule has 1 unspecified atom stereocenters. The molecule has 0 saturated heterocycles. The van der Waals surface area contributed by atoms with Gasteiger partial charge in [-0.25, -0.2) is 9.18 Å². The first-order valence-corrected chi connectivity index (χ1v) is 8.35. The number of pyridine rings is 1. The van der Waals surface area contributed by atoms with E-state index >= 15 is 0 Å². The highest BCUT2D eigenvalue weighted by Crippen LogP contribution is 2.26. The molecule has 2 heterocycles. The number of nitrogens with one attached hydrogen (secondary N) is 2. The number of urea groups is 1. The Balaban J connectivity index is 1.69. The van der Waals surface area contributed by atoms with E-state index in [2.05, 4.69) is 21.7 Å². The second kappa shape index (κ2) is 7.72. The molecule has 0 bridgehead atoms. The normalized spacial score (nSPS) is 13.6. The molecule has 2 N–H and O–H groups in total. The van der Waals surface area contributed by atoms with Gasteiger partial charge in [0.2, 0.25) is 5.91 Å². The number of hydrogen-bond acceptors (Lipinski definition) is 5. The van der Waals surface area contributed by atoms with E-state index in [1.165, 1.54) is 11.1 Å². The lowest BCUT2D eigenvalue weighted by atomic mass is 10.0. The minimum absolute atomic E-state index is 0.00689. The van der Waals surface area contributed by atoms with Crippen molar-refractivity contribution in [1.29, 1.82) is 10.5 Å². The van der Waals surface area contributed by atoms with E-state index < -0.39 is 23.8 Å². The van der Waals surface area contributed by atoms with Crippen LogP contribution in [-0.4, -0.2) is 28.4 Å². The van der Waals surface area contributed by atoms with Gasteiger partial charge in [-0.2, -0.15) is 10.5 Å². The van der Waals surface area contributed by atoms with Crippen LogP contribution in [0.4, 0.5) is 14.9 Å². The van der Waals surface area contributed by atoms with Crippen molar-refractivity contribution in [2.45, 2.75) is 19.5 Å². The van der Waals surface area contributed by atoms with Crippen LogP contribution in [0.5, 0.6) is 0 Å². The fraction of sp³-hybridized carbons (Fsp3) is 0.211. The minimum Gasteiger partial charge on any atom is -0.346 e. The molecular weight excluding hydrogens is 363 g/mol. The standard InChI is InChI=1S/C19H15FN6O2/c1-11(18-15(20)5-12(6-21)8-23-18)24-17(27)10-26-9-14-13(7-22)3-2-4-16(14)25-19(26)28/h2-5,8,11H,9-10H2,1H3,(H,24,27)(H,25,28). The van der Waals surface area contributed by atoms with E-state index in [0.29, 0.717) is 16.8 Å². The summed E-state index contributed by atoms with van der Waals surface area (Å²) in [7, 11) is 0. The molecule has 0 fully saturated rings. The Morgan fingerprint density at radius 3 is 2.89 bits per heavy atom. The highest BCUT2D eigenvalue weighted by atomic mass is 19.1. The summed E-state index contributed by atoms with van der Waals surface area (Å²) >= 11 is 0. The Hall–Kier alpha value is -3.98. The van der Waals surface area contributed by atoms with Gasteiger partial charge in [-0.15, -0.1) is 0 Å². The maximum Gasteiger partial charge on any atom is 0.322 e. The molecule has 140 valence electrons. The molecule has 1 aromatic heterocycles. The zero-order chi connectivity index (χ0) is 20.3. The van der Waals surface area contributed by atoms with E-state index in [9.17, 15) is 19.2 Å². The Bertz CT molecular complexity index is 1040. The number of fused-ring (bicyclic) bond motifs is 1. The summed E-state index contributed by atoms with van der Waals surface area (Å²) in [5.41, 5.74) is 1.66. The molecule has 28 heavy (non-hydrogen) atoms. The molecule has 0 radical (unpaired) electrons. The van der Waals surface area contributed by atoms with Crippen LogP contribution in [0.15, 0.2) is 30.5 Å². The largest absolute Gasteiger partial charge is 0.346 e. The van der Waals surface area contributed by atoms with Crippen LogP contribution in [0, 0.1) is 28.5 Å². The van der Waals surface area contributed by atoms with Crippen LogP contribution in [0.3, 0.4) is 0 Å². The number of rotatable bonds is 4. The smallest absolute Gasteiger partial charge is 0.322 e. The van der Waals surface area contributed by atoms with E-state index in [1.54, 1.807) is 31.2 Å². The van der Waals surface area contributed by atoms with Crippen molar-refractivity contribution < 1.29 is 14.0 Å². The molecule has 1 aromatic carbocycles.